The molecule has 5 heteroatoms. The van der Waals surface area contributed by atoms with E-state index in [0.29, 0.717) is 17.7 Å². The number of benzene rings is 2. The van der Waals surface area contributed by atoms with E-state index in [-0.39, 0.29) is 24.2 Å². The minimum Gasteiger partial charge on any atom is -0.489 e. The maximum Gasteiger partial charge on any atom is 0.225 e. The zero-order valence-corrected chi connectivity index (χ0v) is 14.2. The van der Waals surface area contributed by atoms with Gasteiger partial charge in [-0.1, -0.05) is 30.3 Å². The van der Waals surface area contributed by atoms with Crippen LogP contribution in [0.2, 0.25) is 0 Å². The van der Waals surface area contributed by atoms with Gasteiger partial charge in [0.2, 0.25) is 5.91 Å². The molecule has 1 aromatic heterocycles. The molecule has 3 nitrogen and oxygen atoms in total. The van der Waals surface area contributed by atoms with Crippen molar-refractivity contribution in [2.75, 3.05) is 5.32 Å². The molecule has 1 N–H and O–H groups in total. The van der Waals surface area contributed by atoms with Crippen molar-refractivity contribution >= 4 is 22.9 Å². The van der Waals surface area contributed by atoms with E-state index in [4.69, 9.17) is 4.74 Å². The van der Waals surface area contributed by atoms with Crippen LogP contribution in [0.4, 0.5) is 10.1 Å². The van der Waals surface area contributed by atoms with Gasteiger partial charge in [0.25, 0.3) is 0 Å². The molecule has 25 heavy (non-hydrogen) atoms. The topological polar surface area (TPSA) is 38.3 Å². The second kappa shape index (κ2) is 6.69. The number of halogens is 1. The normalized spacial score (nSPS) is 16.2. The van der Waals surface area contributed by atoms with Crippen molar-refractivity contribution in [2.45, 2.75) is 18.9 Å². The van der Waals surface area contributed by atoms with Gasteiger partial charge in [0.1, 0.15) is 18.2 Å². The lowest BCUT2D eigenvalue weighted by molar-refractivity contribution is -0.116. The van der Waals surface area contributed by atoms with E-state index in [2.05, 4.69) is 5.32 Å². The molecule has 0 aliphatic carbocycles. The highest BCUT2D eigenvalue weighted by atomic mass is 32.1. The monoisotopic (exact) mass is 353 g/mol. The molecule has 1 atom stereocenters. The number of amides is 1. The molecule has 0 spiro atoms. The summed E-state index contributed by atoms with van der Waals surface area (Å²) < 4.78 is 19.3. The molecule has 0 saturated carbocycles. The summed E-state index contributed by atoms with van der Waals surface area (Å²) in [5.74, 6) is 0.524. The molecule has 0 fully saturated rings. The van der Waals surface area contributed by atoms with E-state index in [1.54, 1.807) is 29.5 Å². The first-order valence-electron chi connectivity index (χ1n) is 8.04. The third-order valence-corrected chi connectivity index (χ3v) is 5.34. The summed E-state index contributed by atoms with van der Waals surface area (Å²) >= 11 is 1.66. The quantitative estimate of drug-likeness (QED) is 0.721. The Labute approximate surface area is 149 Å². The van der Waals surface area contributed by atoms with Gasteiger partial charge in [-0.3, -0.25) is 4.79 Å². The predicted octanol–water partition coefficient (Wildman–Crippen LogP) is 4.94. The van der Waals surface area contributed by atoms with Gasteiger partial charge in [-0.05, 0) is 35.2 Å². The Morgan fingerprint density at radius 1 is 1.12 bits per heavy atom. The van der Waals surface area contributed by atoms with E-state index in [0.717, 1.165) is 11.3 Å². The lowest BCUT2D eigenvalue weighted by Crippen LogP contribution is -2.21. The molecule has 3 aromatic rings. The minimum atomic E-state index is -0.266. The van der Waals surface area contributed by atoms with Crippen LogP contribution in [0.3, 0.4) is 0 Å². The van der Waals surface area contributed by atoms with Gasteiger partial charge in [0.15, 0.2) is 0 Å². The smallest absolute Gasteiger partial charge is 0.225 e. The van der Waals surface area contributed by atoms with Crippen LogP contribution in [-0.2, 0) is 11.4 Å². The van der Waals surface area contributed by atoms with E-state index in [1.165, 1.54) is 10.9 Å². The maximum atomic E-state index is 13.6. The van der Waals surface area contributed by atoms with Crippen LogP contribution < -0.4 is 10.1 Å². The summed E-state index contributed by atoms with van der Waals surface area (Å²) in [7, 11) is 0. The van der Waals surface area contributed by atoms with Crippen LogP contribution in [0.25, 0.3) is 0 Å². The number of carbonyl (C=O) groups excluding carboxylic acids is 1. The van der Waals surface area contributed by atoms with Crippen molar-refractivity contribution in [3.63, 3.8) is 0 Å². The van der Waals surface area contributed by atoms with Crippen LogP contribution in [0.1, 0.15) is 28.3 Å². The number of carbonyl (C=O) groups is 1. The first-order valence-corrected chi connectivity index (χ1v) is 8.92. The van der Waals surface area contributed by atoms with Gasteiger partial charge < -0.3 is 10.1 Å². The summed E-state index contributed by atoms with van der Waals surface area (Å²) in [6.45, 7) is 0.187. The Morgan fingerprint density at radius 2 is 1.92 bits per heavy atom. The standard InChI is InChI=1S/C20H16FNO2S/c21-17-4-2-1-3-14(17)12-24-15-7-5-13(6-8-15)16-11-19(23)22-18-9-10-25-20(16)18/h1-10,16H,11-12H2,(H,22,23). The van der Waals surface area contributed by atoms with Crippen molar-refractivity contribution < 1.29 is 13.9 Å². The third-order valence-electron chi connectivity index (χ3n) is 4.31. The first-order chi connectivity index (χ1) is 12.2. The molecule has 0 saturated heterocycles. The summed E-state index contributed by atoms with van der Waals surface area (Å²) in [5, 5.41) is 4.90. The second-order valence-electron chi connectivity index (χ2n) is 5.95. The van der Waals surface area contributed by atoms with Gasteiger partial charge in [-0.2, -0.15) is 0 Å². The van der Waals surface area contributed by atoms with Crippen LogP contribution >= 0.6 is 11.3 Å². The zero-order chi connectivity index (χ0) is 17.2. The lowest BCUT2D eigenvalue weighted by Gasteiger charge is -2.23. The van der Waals surface area contributed by atoms with E-state index in [1.807, 2.05) is 35.7 Å². The van der Waals surface area contributed by atoms with E-state index >= 15 is 0 Å². The van der Waals surface area contributed by atoms with E-state index in [9.17, 15) is 9.18 Å². The summed E-state index contributed by atoms with van der Waals surface area (Å²) in [4.78, 5) is 13.1. The van der Waals surface area contributed by atoms with Crippen molar-refractivity contribution in [1.82, 2.24) is 0 Å². The highest BCUT2D eigenvalue weighted by Crippen LogP contribution is 2.40. The molecule has 0 bridgehead atoms. The predicted molar refractivity (Wildman–Crippen MR) is 96.6 cm³/mol. The summed E-state index contributed by atoms with van der Waals surface area (Å²) in [6.07, 6.45) is 0.447. The molecule has 1 aliphatic rings. The molecule has 1 amide bonds. The highest BCUT2D eigenvalue weighted by Gasteiger charge is 2.27. The molecule has 126 valence electrons. The van der Waals surface area contributed by atoms with Crippen molar-refractivity contribution in [3.05, 3.63) is 81.8 Å². The van der Waals surface area contributed by atoms with Gasteiger partial charge >= 0.3 is 0 Å². The van der Waals surface area contributed by atoms with E-state index < -0.39 is 0 Å². The molecule has 2 aromatic carbocycles. The van der Waals surface area contributed by atoms with Gasteiger partial charge in [-0.25, -0.2) is 4.39 Å². The molecule has 1 unspecified atom stereocenters. The minimum absolute atomic E-state index is 0.0378. The van der Waals surface area contributed by atoms with Crippen molar-refractivity contribution in [1.29, 1.82) is 0 Å². The molecule has 4 rings (SSSR count). The SMILES string of the molecule is O=C1CC(c2ccc(OCc3ccccc3F)cc2)c2sccc2N1. The Morgan fingerprint density at radius 3 is 2.72 bits per heavy atom. The summed E-state index contributed by atoms with van der Waals surface area (Å²) in [5.41, 5.74) is 2.52. The fourth-order valence-corrected chi connectivity index (χ4v) is 4.00. The van der Waals surface area contributed by atoms with Crippen molar-refractivity contribution in [3.8, 4) is 5.75 Å². The largest absolute Gasteiger partial charge is 0.489 e. The number of fused-ring (bicyclic) bond motifs is 1. The number of ether oxygens (including phenoxy) is 1. The van der Waals surface area contributed by atoms with Gasteiger partial charge in [-0.15, -0.1) is 11.3 Å². The Kier molecular flexibility index (Phi) is 4.24. The molecular formula is C20H16FNO2S. The average Bonchev–Trinajstić information content (AvgIpc) is 3.09. The van der Waals surface area contributed by atoms with Crippen LogP contribution in [0.5, 0.6) is 5.75 Å². The Hall–Kier alpha value is -2.66. The highest BCUT2D eigenvalue weighted by molar-refractivity contribution is 7.10. The number of hydrogen-bond donors (Lipinski definition) is 1. The first kappa shape index (κ1) is 15.8. The number of nitrogens with one attached hydrogen (secondary N) is 1. The molecular weight excluding hydrogens is 337 g/mol. The fourth-order valence-electron chi connectivity index (χ4n) is 3.02. The van der Waals surface area contributed by atoms with Crippen molar-refractivity contribution in [2.24, 2.45) is 0 Å². The lowest BCUT2D eigenvalue weighted by atomic mass is 9.91. The van der Waals surface area contributed by atoms with Crippen LogP contribution in [0.15, 0.2) is 60.0 Å². The van der Waals surface area contributed by atoms with Crippen LogP contribution in [0, 0.1) is 5.82 Å². The fraction of sp³-hybridized carbons (Fsp3) is 0.150. The number of anilines is 1. The van der Waals surface area contributed by atoms with Crippen LogP contribution in [-0.4, -0.2) is 5.91 Å². The average molecular weight is 353 g/mol. The van der Waals surface area contributed by atoms with Gasteiger partial charge in [0, 0.05) is 22.8 Å². The maximum absolute atomic E-state index is 13.6. The third kappa shape index (κ3) is 3.28. The van der Waals surface area contributed by atoms with Gasteiger partial charge in [0.05, 0.1) is 5.69 Å². The zero-order valence-electron chi connectivity index (χ0n) is 13.4. The molecule has 2 heterocycles. The second-order valence-corrected chi connectivity index (χ2v) is 6.90. The Balaban J connectivity index is 1.50. The molecule has 0 radical (unpaired) electrons. The number of rotatable bonds is 4. The number of thiophene rings is 1. The summed E-state index contributed by atoms with van der Waals surface area (Å²) in [6, 6.07) is 16.2. The number of hydrogen-bond acceptors (Lipinski definition) is 3. The molecule has 1 aliphatic heterocycles. The Bertz CT molecular complexity index is 904.